The van der Waals surface area contributed by atoms with Gasteiger partial charge in [0.05, 0.1) is 18.2 Å². The van der Waals surface area contributed by atoms with Gasteiger partial charge in [0.1, 0.15) is 11.8 Å². The van der Waals surface area contributed by atoms with Crippen LogP contribution >= 0.6 is 0 Å². The lowest BCUT2D eigenvalue weighted by Gasteiger charge is -2.28. The molecule has 1 aliphatic carbocycles. The average molecular weight is 467 g/mol. The summed E-state index contributed by atoms with van der Waals surface area (Å²) >= 11 is 0. The minimum absolute atomic E-state index is 0.103. The van der Waals surface area contributed by atoms with Crippen molar-refractivity contribution in [3.63, 3.8) is 0 Å². The Morgan fingerprint density at radius 2 is 1.74 bits per heavy atom. The summed E-state index contributed by atoms with van der Waals surface area (Å²) in [6.07, 6.45) is 1.83. The van der Waals surface area contributed by atoms with Crippen molar-refractivity contribution in [2.24, 2.45) is 5.92 Å². The SMILES string of the molecule is CCOc1ccccc1C(=O)N[C@H](C(=O)OC(C)C(=O)NC1CCCc2ccccc21)C(C)C. The predicted molar refractivity (Wildman–Crippen MR) is 130 cm³/mol. The molecular weight excluding hydrogens is 432 g/mol. The maximum atomic E-state index is 12.9. The number of ether oxygens (including phenoxy) is 2. The van der Waals surface area contributed by atoms with E-state index in [0.29, 0.717) is 17.9 Å². The molecule has 0 aromatic heterocycles. The van der Waals surface area contributed by atoms with Crippen LogP contribution in [0.3, 0.4) is 0 Å². The molecule has 182 valence electrons. The first-order valence-corrected chi connectivity index (χ1v) is 11.9. The molecule has 0 fully saturated rings. The Balaban J connectivity index is 1.63. The van der Waals surface area contributed by atoms with Crippen LogP contribution in [0.15, 0.2) is 48.5 Å². The lowest BCUT2D eigenvalue weighted by molar-refractivity contribution is -0.157. The van der Waals surface area contributed by atoms with Gasteiger partial charge in [-0.3, -0.25) is 9.59 Å². The molecule has 0 saturated carbocycles. The molecule has 1 aliphatic rings. The Morgan fingerprint density at radius 1 is 1.03 bits per heavy atom. The molecule has 7 heteroatoms. The number of carbonyl (C=O) groups is 3. The second kappa shape index (κ2) is 11.7. The summed E-state index contributed by atoms with van der Waals surface area (Å²) in [5.74, 6) is -1.24. The van der Waals surface area contributed by atoms with E-state index in [9.17, 15) is 14.4 Å². The van der Waals surface area contributed by atoms with Gasteiger partial charge in [-0.2, -0.15) is 0 Å². The van der Waals surface area contributed by atoms with Gasteiger partial charge in [-0.15, -0.1) is 0 Å². The van der Waals surface area contributed by atoms with Crippen molar-refractivity contribution in [3.8, 4) is 5.75 Å². The van der Waals surface area contributed by atoms with Crippen LogP contribution in [0.25, 0.3) is 0 Å². The number of rotatable bonds is 9. The van der Waals surface area contributed by atoms with Gasteiger partial charge in [0.15, 0.2) is 6.10 Å². The first kappa shape index (κ1) is 25.3. The highest BCUT2D eigenvalue weighted by atomic mass is 16.5. The van der Waals surface area contributed by atoms with Crippen molar-refractivity contribution in [2.75, 3.05) is 6.61 Å². The summed E-state index contributed by atoms with van der Waals surface area (Å²) in [4.78, 5) is 38.6. The van der Waals surface area contributed by atoms with Crippen LogP contribution in [0.1, 0.15) is 68.1 Å². The van der Waals surface area contributed by atoms with E-state index in [2.05, 4.69) is 16.7 Å². The lowest BCUT2D eigenvalue weighted by atomic mass is 9.87. The first-order valence-electron chi connectivity index (χ1n) is 11.9. The van der Waals surface area contributed by atoms with Crippen molar-refractivity contribution in [3.05, 3.63) is 65.2 Å². The van der Waals surface area contributed by atoms with E-state index in [1.807, 2.05) is 39.0 Å². The monoisotopic (exact) mass is 466 g/mol. The minimum Gasteiger partial charge on any atom is -0.493 e. The molecule has 0 aliphatic heterocycles. The van der Waals surface area contributed by atoms with E-state index in [0.717, 1.165) is 24.8 Å². The van der Waals surface area contributed by atoms with Crippen molar-refractivity contribution >= 4 is 17.8 Å². The molecular formula is C27H34N2O5. The maximum absolute atomic E-state index is 12.9. The molecule has 2 amide bonds. The number of carbonyl (C=O) groups excluding carboxylic acids is 3. The van der Waals surface area contributed by atoms with E-state index in [4.69, 9.17) is 9.47 Å². The molecule has 0 bridgehead atoms. The Labute approximate surface area is 201 Å². The summed E-state index contributed by atoms with van der Waals surface area (Å²) in [5, 5.41) is 5.76. The highest BCUT2D eigenvalue weighted by Gasteiger charge is 2.31. The molecule has 3 rings (SSSR count). The molecule has 0 heterocycles. The molecule has 7 nitrogen and oxygen atoms in total. The van der Waals surface area contributed by atoms with Crippen molar-refractivity contribution < 1.29 is 23.9 Å². The van der Waals surface area contributed by atoms with E-state index in [1.165, 1.54) is 5.56 Å². The Hall–Kier alpha value is -3.35. The van der Waals surface area contributed by atoms with Crippen molar-refractivity contribution in [1.29, 1.82) is 0 Å². The summed E-state index contributed by atoms with van der Waals surface area (Å²) < 4.78 is 11.0. The molecule has 34 heavy (non-hydrogen) atoms. The number of para-hydroxylation sites is 1. The van der Waals surface area contributed by atoms with Gasteiger partial charge in [-0.05, 0) is 62.3 Å². The topological polar surface area (TPSA) is 93.7 Å². The van der Waals surface area contributed by atoms with Crippen LogP contribution in [0.5, 0.6) is 5.75 Å². The number of aryl methyl sites for hydroxylation is 1. The highest BCUT2D eigenvalue weighted by molar-refractivity contribution is 5.99. The van der Waals surface area contributed by atoms with Crippen molar-refractivity contribution in [2.45, 2.75) is 65.1 Å². The van der Waals surface area contributed by atoms with Gasteiger partial charge >= 0.3 is 5.97 Å². The number of esters is 1. The predicted octanol–water partition coefficient (Wildman–Crippen LogP) is 3.97. The summed E-state index contributed by atoms with van der Waals surface area (Å²) in [5.41, 5.74) is 2.68. The van der Waals surface area contributed by atoms with Gasteiger partial charge in [0.25, 0.3) is 11.8 Å². The zero-order chi connectivity index (χ0) is 24.7. The Bertz CT molecular complexity index is 1020. The van der Waals surface area contributed by atoms with E-state index in [-0.39, 0.29) is 17.9 Å². The second-order valence-corrected chi connectivity index (χ2v) is 8.86. The largest absolute Gasteiger partial charge is 0.493 e. The average Bonchev–Trinajstić information content (AvgIpc) is 2.82. The van der Waals surface area contributed by atoms with Crippen LogP contribution in [0, 0.1) is 5.92 Å². The highest BCUT2D eigenvalue weighted by Crippen LogP contribution is 2.29. The molecule has 2 aromatic rings. The van der Waals surface area contributed by atoms with E-state index in [1.54, 1.807) is 31.2 Å². The van der Waals surface area contributed by atoms with Gasteiger partial charge in [0, 0.05) is 0 Å². The number of benzene rings is 2. The molecule has 0 spiro atoms. The normalized spacial score (nSPS) is 16.7. The third-order valence-corrected chi connectivity index (χ3v) is 5.99. The molecule has 0 saturated heterocycles. The Kier molecular flexibility index (Phi) is 8.68. The minimum atomic E-state index is -0.990. The van der Waals surface area contributed by atoms with E-state index < -0.39 is 24.0 Å². The van der Waals surface area contributed by atoms with Crippen LogP contribution in [-0.4, -0.2) is 36.5 Å². The first-order chi connectivity index (χ1) is 16.3. The zero-order valence-electron chi connectivity index (χ0n) is 20.3. The van der Waals surface area contributed by atoms with Crippen LogP contribution in [0.4, 0.5) is 0 Å². The number of fused-ring (bicyclic) bond motifs is 1. The fraction of sp³-hybridized carbons (Fsp3) is 0.444. The summed E-state index contributed by atoms with van der Waals surface area (Å²) in [6.45, 7) is 7.42. The second-order valence-electron chi connectivity index (χ2n) is 8.86. The molecule has 2 aromatic carbocycles. The fourth-order valence-electron chi connectivity index (χ4n) is 4.15. The summed E-state index contributed by atoms with van der Waals surface area (Å²) in [7, 11) is 0. The maximum Gasteiger partial charge on any atom is 0.329 e. The van der Waals surface area contributed by atoms with Gasteiger partial charge < -0.3 is 20.1 Å². The molecule has 0 radical (unpaired) electrons. The quantitative estimate of drug-likeness (QED) is 0.546. The van der Waals surface area contributed by atoms with Gasteiger partial charge in [-0.1, -0.05) is 50.2 Å². The van der Waals surface area contributed by atoms with Crippen molar-refractivity contribution in [1.82, 2.24) is 10.6 Å². The molecule has 3 atom stereocenters. The third kappa shape index (κ3) is 6.16. The smallest absolute Gasteiger partial charge is 0.329 e. The third-order valence-electron chi connectivity index (χ3n) is 5.99. The van der Waals surface area contributed by atoms with E-state index >= 15 is 0 Å². The number of hydrogen-bond acceptors (Lipinski definition) is 5. The van der Waals surface area contributed by atoms with Gasteiger partial charge in [-0.25, -0.2) is 4.79 Å². The number of hydrogen-bond donors (Lipinski definition) is 2. The number of nitrogens with one attached hydrogen (secondary N) is 2. The van der Waals surface area contributed by atoms with Crippen LogP contribution in [0.2, 0.25) is 0 Å². The Morgan fingerprint density at radius 3 is 2.47 bits per heavy atom. The number of amides is 2. The van der Waals surface area contributed by atoms with Crippen LogP contribution in [-0.2, 0) is 20.7 Å². The van der Waals surface area contributed by atoms with Gasteiger partial charge in [0.2, 0.25) is 0 Å². The summed E-state index contributed by atoms with van der Waals surface area (Å²) in [6, 6.07) is 13.9. The molecule has 2 unspecified atom stereocenters. The standard InChI is InChI=1S/C27H34N2O5/c1-5-33-23-16-9-8-14-21(23)26(31)29-24(17(2)3)27(32)34-18(4)25(30)28-22-15-10-12-19-11-6-7-13-20(19)22/h6-9,11,13-14,16-18,22,24H,5,10,12,15H2,1-4H3,(H,28,30)(H,29,31)/t18?,22?,24-/m0/s1. The molecule has 2 N–H and O–H groups in total. The fourth-order valence-corrected chi connectivity index (χ4v) is 4.15. The lowest BCUT2D eigenvalue weighted by Crippen LogP contribution is -2.48. The zero-order valence-corrected chi connectivity index (χ0v) is 20.3. The van der Waals surface area contributed by atoms with Crippen LogP contribution < -0.4 is 15.4 Å².